The SMILES string of the molecule is COc1cc(/C=C2\C(=O)NC(=O)N(c3ccccc3)C2=O)cc(I)c1Cc1cc(C)cc(C)c1. The van der Waals surface area contributed by atoms with Crippen LogP contribution in [-0.4, -0.2) is 25.0 Å². The molecule has 3 aromatic carbocycles. The number of urea groups is 1. The van der Waals surface area contributed by atoms with Gasteiger partial charge in [0.05, 0.1) is 12.8 Å². The summed E-state index contributed by atoms with van der Waals surface area (Å²) in [4.78, 5) is 39.0. The van der Waals surface area contributed by atoms with Gasteiger partial charge in [0, 0.05) is 15.6 Å². The molecule has 1 fully saturated rings. The molecule has 4 amide bonds. The van der Waals surface area contributed by atoms with Crippen molar-refractivity contribution in [3.63, 3.8) is 0 Å². The molecule has 7 heteroatoms. The summed E-state index contributed by atoms with van der Waals surface area (Å²) < 4.78 is 6.61. The van der Waals surface area contributed by atoms with E-state index in [-0.39, 0.29) is 5.57 Å². The van der Waals surface area contributed by atoms with Gasteiger partial charge < -0.3 is 4.74 Å². The molecule has 0 saturated carbocycles. The van der Waals surface area contributed by atoms with Crippen molar-refractivity contribution in [1.29, 1.82) is 0 Å². The Morgan fingerprint density at radius 3 is 2.29 bits per heavy atom. The molecule has 0 atom stereocenters. The van der Waals surface area contributed by atoms with Gasteiger partial charge in [0.15, 0.2) is 0 Å². The Hall–Kier alpha value is -3.46. The minimum absolute atomic E-state index is 0.122. The monoisotopic (exact) mass is 566 g/mol. The third kappa shape index (κ3) is 4.89. The number of rotatable bonds is 5. The molecule has 1 heterocycles. The van der Waals surface area contributed by atoms with Gasteiger partial charge in [-0.1, -0.05) is 47.5 Å². The van der Waals surface area contributed by atoms with Crippen LogP contribution in [0.4, 0.5) is 10.5 Å². The summed E-state index contributed by atoms with van der Waals surface area (Å²) in [5.41, 5.74) is 5.50. The number of anilines is 1. The number of amides is 4. The van der Waals surface area contributed by atoms with Crippen molar-refractivity contribution in [2.24, 2.45) is 0 Å². The van der Waals surface area contributed by atoms with Crippen LogP contribution in [0, 0.1) is 17.4 Å². The van der Waals surface area contributed by atoms with Gasteiger partial charge in [-0.25, -0.2) is 9.69 Å². The maximum atomic E-state index is 13.1. The van der Waals surface area contributed by atoms with Crippen LogP contribution in [0.25, 0.3) is 6.08 Å². The smallest absolute Gasteiger partial charge is 0.335 e. The molecule has 0 aliphatic carbocycles. The molecule has 34 heavy (non-hydrogen) atoms. The second kappa shape index (κ2) is 9.80. The van der Waals surface area contributed by atoms with Gasteiger partial charge in [-0.3, -0.25) is 14.9 Å². The Balaban J connectivity index is 1.70. The van der Waals surface area contributed by atoms with Crippen LogP contribution in [0.1, 0.15) is 27.8 Å². The van der Waals surface area contributed by atoms with Crippen LogP contribution >= 0.6 is 22.6 Å². The molecule has 6 nitrogen and oxygen atoms in total. The van der Waals surface area contributed by atoms with Gasteiger partial charge in [0.25, 0.3) is 11.8 Å². The molecule has 4 rings (SSSR count). The number of carbonyl (C=O) groups is 3. The number of nitrogens with one attached hydrogen (secondary N) is 1. The standard InChI is InChI=1S/C27H23IN2O4/c1-16-9-17(2)11-18(10-16)12-21-23(28)14-19(15-24(21)34-3)13-22-25(31)29-27(33)30(26(22)32)20-7-5-4-6-8-20/h4-11,13-15H,12H2,1-3H3,(H,29,31,33)/b22-13+. The summed E-state index contributed by atoms with van der Waals surface area (Å²) in [6.07, 6.45) is 2.18. The van der Waals surface area contributed by atoms with E-state index < -0.39 is 17.8 Å². The molecule has 1 N–H and O–H groups in total. The third-order valence-electron chi connectivity index (χ3n) is 5.49. The van der Waals surface area contributed by atoms with E-state index in [1.165, 1.54) is 22.8 Å². The number of ether oxygens (including phenoxy) is 1. The highest BCUT2D eigenvalue weighted by Gasteiger charge is 2.36. The normalized spacial score (nSPS) is 15.0. The lowest BCUT2D eigenvalue weighted by Gasteiger charge is -2.26. The highest BCUT2D eigenvalue weighted by atomic mass is 127. The summed E-state index contributed by atoms with van der Waals surface area (Å²) >= 11 is 2.24. The van der Waals surface area contributed by atoms with Crippen molar-refractivity contribution in [3.05, 3.63) is 97.6 Å². The van der Waals surface area contributed by atoms with Crippen LogP contribution in [0.15, 0.2) is 66.2 Å². The zero-order chi connectivity index (χ0) is 24.4. The Morgan fingerprint density at radius 2 is 1.65 bits per heavy atom. The van der Waals surface area contributed by atoms with Crippen molar-refractivity contribution in [2.45, 2.75) is 20.3 Å². The fraction of sp³-hybridized carbons (Fsp3) is 0.148. The molecular weight excluding hydrogens is 543 g/mol. The average Bonchev–Trinajstić information content (AvgIpc) is 2.78. The van der Waals surface area contributed by atoms with E-state index in [9.17, 15) is 14.4 Å². The third-order valence-corrected chi connectivity index (χ3v) is 6.45. The number of imide groups is 2. The summed E-state index contributed by atoms with van der Waals surface area (Å²) in [5, 5.41) is 2.25. The van der Waals surface area contributed by atoms with E-state index in [1.54, 1.807) is 43.5 Å². The van der Waals surface area contributed by atoms with Crippen molar-refractivity contribution >= 4 is 52.2 Å². The maximum Gasteiger partial charge on any atom is 0.335 e. The van der Waals surface area contributed by atoms with Crippen LogP contribution in [-0.2, 0) is 16.0 Å². The van der Waals surface area contributed by atoms with E-state index in [0.717, 1.165) is 14.0 Å². The second-order valence-corrected chi connectivity index (χ2v) is 9.31. The quantitative estimate of drug-likeness (QED) is 0.263. The first-order chi connectivity index (χ1) is 16.3. The Morgan fingerprint density at radius 1 is 0.971 bits per heavy atom. The summed E-state index contributed by atoms with van der Waals surface area (Å²) in [7, 11) is 1.60. The number of nitrogens with zero attached hydrogens (tertiary/aromatic N) is 1. The Kier molecular flexibility index (Phi) is 6.83. The predicted molar refractivity (Wildman–Crippen MR) is 140 cm³/mol. The number of carbonyl (C=O) groups excluding carboxylic acids is 3. The van der Waals surface area contributed by atoms with E-state index in [2.05, 4.69) is 60.0 Å². The van der Waals surface area contributed by atoms with Crippen molar-refractivity contribution in [1.82, 2.24) is 5.32 Å². The fourth-order valence-electron chi connectivity index (χ4n) is 4.08. The number of hydrogen-bond acceptors (Lipinski definition) is 4. The molecule has 0 spiro atoms. The van der Waals surface area contributed by atoms with Crippen LogP contribution < -0.4 is 15.0 Å². The number of para-hydroxylation sites is 1. The van der Waals surface area contributed by atoms with Gasteiger partial charge in [-0.05, 0) is 77.9 Å². The molecule has 0 aromatic heterocycles. The first-order valence-electron chi connectivity index (χ1n) is 10.7. The number of hydrogen-bond donors (Lipinski definition) is 1. The average molecular weight is 566 g/mol. The van der Waals surface area contributed by atoms with Gasteiger partial charge in [-0.15, -0.1) is 0 Å². The highest BCUT2D eigenvalue weighted by Crippen LogP contribution is 2.31. The van der Waals surface area contributed by atoms with Crippen LogP contribution in [0.5, 0.6) is 5.75 Å². The first kappa shape index (κ1) is 23.7. The van der Waals surface area contributed by atoms with Crippen LogP contribution in [0.3, 0.4) is 0 Å². The number of methoxy groups -OCH3 is 1. The second-order valence-electron chi connectivity index (χ2n) is 8.15. The molecule has 0 radical (unpaired) electrons. The Labute approximate surface area is 211 Å². The van der Waals surface area contributed by atoms with Crippen molar-refractivity contribution in [2.75, 3.05) is 12.0 Å². The predicted octanol–water partition coefficient (Wildman–Crippen LogP) is 5.17. The molecule has 0 bridgehead atoms. The molecule has 1 aliphatic rings. The van der Waals surface area contributed by atoms with Crippen molar-refractivity contribution < 1.29 is 19.1 Å². The summed E-state index contributed by atoms with van der Waals surface area (Å²) in [6, 6.07) is 17.9. The minimum atomic E-state index is -0.769. The van der Waals surface area contributed by atoms with E-state index in [4.69, 9.17) is 4.74 Å². The van der Waals surface area contributed by atoms with E-state index in [0.29, 0.717) is 23.4 Å². The minimum Gasteiger partial charge on any atom is -0.496 e. The van der Waals surface area contributed by atoms with E-state index >= 15 is 0 Å². The lowest BCUT2D eigenvalue weighted by molar-refractivity contribution is -0.122. The highest BCUT2D eigenvalue weighted by molar-refractivity contribution is 14.1. The van der Waals surface area contributed by atoms with Gasteiger partial charge >= 0.3 is 6.03 Å². The number of halogens is 1. The first-order valence-corrected chi connectivity index (χ1v) is 11.7. The summed E-state index contributed by atoms with van der Waals surface area (Å²) in [6.45, 7) is 4.15. The number of barbiturate groups is 1. The van der Waals surface area contributed by atoms with Gasteiger partial charge in [-0.2, -0.15) is 0 Å². The molecule has 1 saturated heterocycles. The largest absolute Gasteiger partial charge is 0.496 e. The van der Waals surface area contributed by atoms with Gasteiger partial charge in [0.1, 0.15) is 11.3 Å². The zero-order valence-electron chi connectivity index (χ0n) is 19.0. The molecule has 172 valence electrons. The summed E-state index contributed by atoms with van der Waals surface area (Å²) in [5.74, 6) is -0.735. The number of aryl methyl sites for hydroxylation is 2. The lowest BCUT2D eigenvalue weighted by Crippen LogP contribution is -2.54. The molecule has 1 aliphatic heterocycles. The Bertz CT molecular complexity index is 1310. The number of benzene rings is 3. The van der Waals surface area contributed by atoms with Crippen LogP contribution in [0.2, 0.25) is 0 Å². The molecule has 3 aromatic rings. The maximum absolute atomic E-state index is 13.1. The van der Waals surface area contributed by atoms with Crippen molar-refractivity contribution in [3.8, 4) is 5.75 Å². The fourth-order valence-corrected chi connectivity index (χ4v) is 4.90. The molecule has 0 unspecified atom stereocenters. The zero-order valence-corrected chi connectivity index (χ0v) is 21.2. The van der Waals surface area contributed by atoms with Gasteiger partial charge in [0.2, 0.25) is 0 Å². The lowest BCUT2D eigenvalue weighted by atomic mass is 9.98. The molecular formula is C27H23IN2O4. The topological polar surface area (TPSA) is 75.7 Å². The van der Waals surface area contributed by atoms with E-state index in [1.807, 2.05) is 6.07 Å².